The summed E-state index contributed by atoms with van der Waals surface area (Å²) in [5, 5.41) is 0. The molecular formula is C20H23NO2. The molecule has 0 bridgehead atoms. The molecule has 1 aliphatic rings. The maximum atomic E-state index is 12.5. The van der Waals surface area contributed by atoms with E-state index in [0.29, 0.717) is 12.5 Å². The molecule has 1 aliphatic heterocycles. The second kappa shape index (κ2) is 7.32. The van der Waals surface area contributed by atoms with Crippen molar-refractivity contribution in [2.75, 3.05) is 19.7 Å². The van der Waals surface area contributed by atoms with Crippen LogP contribution in [0.2, 0.25) is 0 Å². The van der Waals surface area contributed by atoms with Crippen LogP contribution in [-0.2, 0) is 0 Å². The summed E-state index contributed by atoms with van der Waals surface area (Å²) < 4.78 is 5.90. The Morgan fingerprint density at radius 3 is 2.61 bits per heavy atom. The van der Waals surface area contributed by atoms with Crippen LogP contribution in [0.1, 0.15) is 28.8 Å². The lowest BCUT2D eigenvalue weighted by Gasteiger charge is -2.32. The van der Waals surface area contributed by atoms with Gasteiger partial charge in [-0.25, -0.2) is 0 Å². The molecule has 1 saturated heterocycles. The number of carbonyl (C=O) groups is 1. The number of carbonyl (C=O) groups excluding carboxylic acids is 1. The summed E-state index contributed by atoms with van der Waals surface area (Å²) in [6.07, 6.45) is 2.16. The fourth-order valence-electron chi connectivity index (χ4n) is 3.00. The first-order valence-electron chi connectivity index (χ1n) is 8.26. The predicted molar refractivity (Wildman–Crippen MR) is 91.7 cm³/mol. The molecule has 0 radical (unpaired) electrons. The number of nitrogens with zero attached hydrogens (tertiary/aromatic N) is 1. The highest BCUT2D eigenvalue weighted by atomic mass is 16.5. The topological polar surface area (TPSA) is 29.5 Å². The lowest BCUT2D eigenvalue weighted by Crippen LogP contribution is -2.41. The Bertz CT molecular complexity index is 636. The Kier molecular flexibility index (Phi) is 4.96. The van der Waals surface area contributed by atoms with Gasteiger partial charge >= 0.3 is 0 Å². The molecule has 3 rings (SSSR count). The monoisotopic (exact) mass is 309 g/mol. The van der Waals surface area contributed by atoms with Gasteiger partial charge in [0, 0.05) is 24.6 Å². The van der Waals surface area contributed by atoms with Gasteiger partial charge in [0.05, 0.1) is 6.61 Å². The standard InChI is InChI=1S/C20H23NO2/c1-16-9-11-19(12-10-16)23-15-17-6-5-13-21(14-17)20(22)18-7-3-2-4-8-18/h2-4,7-12,17H,5-6,13-15H2,1H3. The third-order valence-corrected chi connectivity index (χ3v) is 4.33. The summed E-state index contributed by atoms with van der Waals surface area (Å²) in [7, 11) is 0. The van der Waals surface area contributed by atoms with Crippen LogP contribution < -0.4 is 4.74 Å². The third kappa shape index (κ3) is 4.13. The molecule has 0 saturated carbocycles. The van der Waals surface area contributed by atoms with Crippen LogP contribution in [0.3, 0.4) is 0 Å². The minimum Gasteiger partial charge on any atom is -0.493 e. The Morgan fingerprint density at radius 2 is 1.87 bits per heavy atom. The first kappa shape index (κ1) is 15.6. The number of hydrogen-bond acceptors (Lipinski definition) is 2. The molecule has 2 aromatic carbocycles. The summed E-state index contributed by atoms with van der Waals surface area (Å²) in [5.74, 6) is 1.44. The predicted octanol–water partition coefficient (Wildman–Crippen LogP) is 3.93. The van der Waals surface area contributed by atoms with Crippen molar-refractivity contribution in [1.29, 1.82) is 0 Å². The molecule has 23 heavy (non-hydrogen) atoms. The number of aryl methyl sites for hydroxylation is 1. The molecule has 0 N–H and O–H groups in total. The van der Waals surface area contributed by atoms with Crippen molar-refractivity contribution in [2.24, 2.45) is 5.92 Å². The Balaban J connectivity index is 1.56. The van der Waals surface area contributed by atoms with Crippen molar-refractivity contribution in [3.63, 3.8) is 0 Å². The SMILES string of the molecule is Cc1ccc(OCC2CCCN(C(=O)c3ccccc3)C2)cc1. The molecule has 3 nitrogen and oxygen atoms in total. The fourth-order valence-corrected chi connectivity index (χ4v) is 3.00. The normalized spacial score (nSPS) is 17.8. The Morgan fingerprint density at radius 1 is 1.13 bits per heavy atom. The summed E-state index contributed by atoms with van der Waals surface area (Å²) in [4.78, 5) is 14.5. The lowest BCUT2D eigenvalue weighted by molar-refractivity contribution is 0.0633. The van der Waals surface area contributed by atoms with E-state index >= 15 is 0 Å². The van der Waals surface area contributed by atoms with Crippen LogP contribution in [-0.4, -0.2) is 30.5 Å². The van der Waals surface area contributed by atoms with Gasteiger partial charge in [-0.3, -0.25) is 4.79 Å². The second-order valence-corrected chi connectivity index (χ2v) is 6.25. The summed E-state index contributed by atoms with van der Waals surface area (Å²) >= 11 is 0. The van der Waals surface area contributed by atoms with Crippen LogP contribution in [0.15, 0.2) is 54.6 Å². The molecule has 0 spiro atoms. The molecule has 3 heteroatoms. The zero-order valence-electron chi connectivity index (χ0n) is 13.6. The van der Waals surface area contributed by atoms with Gasteiger partial charge in [0.1, 0.15) is 5.75 Å². The third-order valence-electron chi connectivity index (χ3n) is 4.33. The number of amides is 1. The molecule has 2 aromatic rings. The van der Waals surface area contributed by atoms with Crippen molar-refractivity contribution in [1.82, 2.24) is 4.90 Å². The number of rotatable bonds is 4. The number of likely N-dealkylation sites (tertiary alicyclic amines) is 1. The van der Waals surface area contributed by atoms with Gasteiger partial charge in [-0.1, -0.05) is 35.9 Å². The van der Waals surface area contributed by atoms with Gasteiger partial charge in [0.25, 0.3) is 5.91 Å². The number of benzene rings is 2. The fraction of sp³-hybridized carbons (Fsp3) is 0.350. The van der Waals surface area contributed by atoms with E-state index in [2.05, 4.69) is 19.1 Å². The van der Waals surface area contributed by atoms with Crippen LogP contribution in [0.4, 0.5) is 0 Å². The van der Waals surface area contributed by atoms with E-state index in [4.69, 9.17) is 4.74 Å². The molecule has 1 atom stereocenters. The number of ether oxygens (including phenoxy) is 1. The van der Waals surface area contributed by atoms with E-state index in [1.54, 1.807) is 0 Å². The first-order valence-corrected chi connectivity index (χ1v) is 8.26. The van der Waals surface area contributed by atoms with Crippen molar-refractivity contribution >= 4 is 5.91 Å². The summed E-state index contributed by atoms with van der Waals surface area (Å²) in [6.45, 7) is 4.36. The molecule has 1 amide bonds. The van der Waals surface area contributed by atoms with Crippen molar-refractivity contribution in [3.8, 4) is 5.75 Å². The van der Waals surface area contributed by atoms with Crippen molar-refractivity contribution < 1.29 is 9.53 Å². The zero-order valence-corrected chi connectivity index (χ0v) is 13.6. The van der Waals surface area contributed by atoms with Crippen LogP contribution in [0.25, 0.3) is 0 Å². The highest BCUT2D eigenvalue weighted by molar-refractivity contribution is 5.94. The van der Waals surface area contributed by atoms with Crippen LogP contribution in [0, 0.1) is 12.8 Å². The van der Waals surface area contributed by atoms with Crippen molar-refractivity contribution in [2.45, 2.75) is 19.8 Å². The molecule has 0 aromatic heterocycles. The van der Waals surface area contributed by atoms with Crippen LogP contribution >= 0.6 is 0 Å². The zero-order chi connectivity index (χ0) is 16.1. The second-order valence-electron chi connectivity index (χ2n) is 6.25. The average Bonchev–Trinajstić information content (AvgIpc) is 2.61. The van der Waals surface area contributed by atoms with Gasteiger partial charge < -0.3 is 9.64 Å². The van der Waals surface area contributed by atoms with E-state index in [1.165, 1.54) is 5.56 Å². The van der Waals surface area contributed by atoms with Gasteiger partial charge in [-0.05, 0) is 44.0 Å². The Hall–Kier alpha value is -2.29. The molecule has 1 heterocycles. The number of piperidine rings is 1. The minimum atomic E-state index is 0.130. The van der Waals surface area contributed by atoms with Gasteiger partial charge in [0.2, 0.25) is 0 Å². The smallest absolute Gasteiger partial charge is 0.253 e. The minimum absolute atomic E-state index is 0.130. The Labute approximate surface area is 137 Å². The molecule has 120 valence electrons. The van der Waals surface area contributed by atoms with Gasteiger partial charge in [0.15, 0.2) is 0 Å². The van der Waals surface area contributed by atoms with Gasteiger partial charge in [-0.2, -0.15) is 0 Å². The highest BCUT2D eigenvalue weighted by Gasteiger charge is 2.24. The summed E-state index contributed by atoms with van der Waals surface area (Å²) in [6, 6.07) is 17.7. The van der Waals surface area contributed by atoms with Crippen LogP contribution in [0.5, 0.6) is 5.75 Å². The maximum Gasteiger partial charge on any atom is 0.253 e. The molecular weight excluding hydrogens is 286 g/mol. The quantitative estimate of drug-likeness (QED) is 0.856. The van der Waals surface area contributed by atoms with Crippen molar-refractivity contribution in [3.05, 3.63) is 65.7 Å². The average molecular weight is 309 g/mol. The number of hydrogen-bond donors (Lipinski definition) is 0. The molecule has 0 aliphatic carbocycles. The van der Waals surface area contributed by atoms with E-state index in [0.717, 1.165) is 37.2 Å². The van der Waals surface area contributed by atoms with E-state index in [9.17, 15) is 4.79 Å². The highest BCUT2D eigenvalue weighted by Crippen LogP contribution is 2.20. The first-order chi connectivity index (χ1) is 11.2. The van der Waals surface area contributed by atoms with Gasteiger partial charge in [-0.15, -0.1) is 0 Å². The molecule has 1 fully saturated rings. The summed E-state index contributed by atoms with van der Waals surface area (Å²) in [5.41, 5.74) is 2.00. The lowest BCUT2D eigenvalue weighted by atomic mass is 9.98. The van der Waals surface area contributed by atoms with E-state index in [-0.39, 0.29) is 5.91 Å². The van der Waals surface area contributed by atoms with E-state index < -0.39 is 0 Å². The maximum absolute atomic E-state index is 12.5. The van der Waals surface area contributed by atoms with E-state index in [1.807, 2.05) is 47.4 Å². The molecule has 1 unspecified atom stereocenters. The largest absolute Gasteiger partial charge is 0.493 e.